The van der Waals surface area contributed by atoms with Crippen LogP contribution in [0.5, 0.6) is 0 Å². The first-order valence-electron chi connectivity index (χ1n) is 7.82. The lowest BCUT2D eigenvalue weighted by molar-refractivity contribution is 0.0953. The van der Waals surface area contributed by atoms with Gasteiger partial charge < -0.3 is 9.84 Å². The van der Waals surface area contributed by atoms with E-state index in [1.807, 2.05) is 19.9 Å². The molecule has 0 fully saturated rings. The monoisotopic (exact) mass is 338 g/mol. The maximum absolute atomic E-state index is 11.9. The third kappa shape index (κ3) is 3.63. The number of rotatable bonds is 6. The minimum Gasteiger partial charge on any atom is -0.347 e. The Morgan fingerprint density at radius 3 is 2.88 bits per heavy atom. The zero-order chi connectivity index (χ0) is 17.8. The highest BCUT2D eigenvalue weighted by Crippen LogP contribution is 2.20. The van der Waals surface area contributed by atoms with Crippen molar-refractivity contribution in [1.82, 2.24) is 30.0 Å². The summed E-state index contributed by atoms with van der Waals surface area (Å²) in [4.78, 5) is 24.6. The molecule has 0 aliphatic heterocycles. The van der Waals surface area contributed by atoms with Crippen molar-refractivity contribution in [2.75, 3.05) is 6.54 Å². The van der Waals surface area contributed by atoms with Crippen molar-refractivity contribution >= 4 is 5.91 Å². The van der Waals surface area contributed by atoms with E-state index in [1.54, 1.807) is 29.1 Å². The molecule has 3 aromatic rings. The van der Waals surface area contributed by atoms with Crippen molar-refractivity contribution in [2.45, 2.75) is 19.8 Å². The minimum atomic E-state index is -0.262. The van der Waals surface area contributed by atoms with Crippen LogP contribution in [0.1, 0.15) is 36.1 Å². The Bertz CT molecular complexity index is 879. The van der Waals surface area contributed by atoms with E-state index < -0.39 is 0 Å². The van der Waals surface area contributed by atoms with Gasteiger partial charge in [0.15, 0.2) is 5.82 Å². The van der Waals surface area contributed by atoms with Gasteiger partial charge in [-0.3, -0.25) is 9.36 Å². The fourth-order valence-corrected chi connectivity index (χ4v) is 2.07. The Kier molecular flexibility index (Phi) is 4.69. The largest absolute Gasteiger partial charge is 0.347 e. The number of pyridine rings is 1. The maximum Gasteiger partial charge on any atom is 0.271 e. The molecule has 8 nitrogen and oxygen atoms in total. The van der Waals surface area contributed by atoms with Crippen molar-refractivity contribution in [2.24, 2.45) is 0 Å². The second-order valence-electron chi connectivity index (χ2n) is 5.68. The molecule has 3 aromatic heterocycles. The molecule has 0 aromatic carbocycles. The van der Waals surface area contributed by atoms with Gasteiger partial charge in [0.2, 0.25) is 0 Å². The molecule has 128 valence electrons. The summed E-state index contributed by atoms with van der Waals surface area (Å²) in [5, 5.41) is 6.61. The van der Waals surface area contributed by atoms with Crippen LogP contribution in [-0.4, -0.2) is 37.1 Å². The summed E-state index contributed by atoms with van der Waals surface area (Å²) in [7, 11) is 0. The second-order valence-corrected chi connectivity index (χ2v) is 5.68. The molecule has 0 saturated carbocycles. The lowest BCUT2D eigenvalue weighted by atomic mass is 10.2. The van der Waals surface area contributed by atoms with Gasteiger partial charge in [-0.05, 0) is 12.1 Å². The second kappa shape index (κ2) is 7.08. The van der Waals surface area contributed by atoms with Crippen LogP contribution >= 0.6 is 0 Å². The van der Waals surface area contributed by atoms with Gasteiger partial charge in [-0.25, -0.2) is 9.97 Å². The van der Waals surface area contributed by atoms with E-state index in [1.165, 1.54) is 6.33 Å². The van der Waals surface area contributed by atoms with E-state index in [-0.39, 0.29) is 11.8 Å². The smallest absolute Gasteiger partial charge is 0.271 e. The molecule has 0 aliphatic carbocycles. The number of hydrogen-bond donors (Lipinski definition) is 1. The van der Waals surface area contributed by atoms with Crippen molar-refractivity contribution in [3.63, 3.8) is 0 Å². The lowest BCUT2D eigenvalue weighted by Crippen LogP contribution is -2.23. The summed E-state index contributed by atoms with van der Waals surface area (Å²) in [5.41, 5.74) is 1.04. The van der Waals surface area contributed by atoms with E-state index in [4.69, 9.17) is 4.52 Å². The van der Waals surface area contributed by atoms with Gasteiger partial charge in [-0.15, -0.1) is 6.58 Å². The summed E-state index contributed by atoms with van der Waals surface area (Å²) >= 11 is 0. The number of nitrogens with zero attached hydrogens (tertiary/aromatic N) is 5. The molecule has 8 heteroatoms. The van der Waals surface area contributed by atoms with Gasteiger partial charge in [-0.2, -0.15) is 4.98 Å². The number of amides is 1. The molecule has 0 aliphatic rings. The summed E-state index contributed by atoms with van der Waals surface area (Å²) in [6.45, 7) is 7.94. The number of carbonyl (C=O) groups is 1. The van der Waals surface area contributed by atoms with Crippen LogP contribution in [0.4, 0.5) is 0 Å². The number of imidazole rings is 1. The third-order valence-electron chi connectivity index (χ3n) is 3.44. The number of nitrogens with one attached hydrogen (secondary N) is 1. The van der Waals surface area contributed by atoms with Crippen molar-refractivity contribution in [1.29, 1.82) is 0 Å². The van der Waals surface area contributed by atoms with Crippen LogP contribution in [0, 0.1) is 0 Å². The first-order chi connectivity index (χ1) is 12.1. The van der Waals surface area contributed by atoms with Crippen LogP contribution in [-0.2, 0) is 0 Å². The molecule has 0 spiro atoms. The summed E-state index contributed by atoms with van der Waals surface area (Å²) in [6, 6.07) is 3.62. The minimum absolute atomic E-state index is 0.196. The van der Waals surface area contributed by atoms with Crippen LogP contribution in [0.3, 0.4) is 0 Å². The van der Waals surface area contributed by atoms with E-state index >= 15 is 0 Å². The van der Waals surface area contributed by atoms with Crippen molar-refractivity contribution in [3.8, 4) is 17.3 Å². The van der Waals surface area contributed by atoms with Gasteiger partial charge in [0.1, 0.15) is 17.8 Å². The molecule has 0 bridgehead atoms. The van der Waals surface area contributed by atoms with E-state index in [0.717, 1.165) is 5.56 Å². The van der Waals surface area contributed by atoms with Crippen LogP contribution in [0.25, 0.3) is 17.3 Å². The number of carbonyl (C=O) groups excluding carboxylic acids is 1. The molecule has 3 heterocycles. The summed E-state index contributed by atoms with van der Waals surface area (Å²) in [6.07, 6.45) is 6.40. The molecule has 25 heavy (non-hydrogen) atoms. The van der Waals surface area contributed by atoms with Crippen molar-refractivity contribution in [3.05, 3.63) is 55.0 Å². The molecule has 1 N–H and O–H groups in total. The Labute approximate surface area is 144 Å². The molecule has 3 rings (SSSR count). The Morgan fingerprint density at radius 2 is 2.24 bits per heavy atom. The summed E-state index contributed by atoms with van der Waals surface area (Å²) in [5.74, 6) is 1.65. The van der Waals surface area contributed by atoms with E-state index in [0.29, 0.717) is 29.8 Å². The molecule has 1 amide bonds. The molecular formula is C17H18N6O2. The lowest BCUT2D eigenvalue weighted by Gasteiger charge is -2.01. The average Bonchev–Trinajstić information content (AvgIpc) is 3.29. The molecular weight excluding hydrogens is 320 g/mol. The highest BCUT2D eigenvalue weighted by molar-refractivity contribution is 5.92. The van der Waals surface area contributed by atoms with Crippen LogP contribution in [0.15, 0.2) is 48.0 Å². The van der Waals surface area contributed by atoms with Crippen LogP contribution < -0.4 is 5.32 Å². The highest BCUT2D eigenvalue weighted by Gasteiger charge is 2.13. The Morgan fingerprint density at radius 1 is 1.40 bits per heavy atom. The molecule has 0 atom stereocenters. The normalized spacial score (nSPS) is 10.8. The third-order valence-corrected chi connectivity index (χ3v) is 3.44. The first kappa shape index (κ1) is 16.6. The Hall–Kier alpha value is -3.29. The van der Waals surface area contributed by atoms with Gasteiger partial charge in [0.05, 0.1) is 5.56 Å². The van der Waals surface area contributed by atoms with Gasteiger partial charge in [-0.1, -0.05) is 25.1 Å². The van der Waals surface area contributed by atoms with Crippen molar-refractivity contribution < 1.29 is 9.32 Å². The molecule has 0 unspecified atom stereocenters. The van der Waals surface area contributed by atoms with E-state index in [9.17, 15) is 4.79 Å². The summed E-state index contributed by atoms with van der Waals surface area (Å²) < 4.78 is 6.92. The first-order valence-corrected chi connectivity index (χ1v) is 7.82. The zero-order valence-electron chi connectivity index (χ0n) is 14.0. The van der Waals surface area contributed by atoms with Crippen LogP contribution in [0.2, 0.25) is 0 Å². The van der Waals surface area contributed by atoms with Gasteiger partial charge in [0, 0.05) is 24.9 Å². The maximum atomic E-state index is 11.9. The SMILES string of the molecule is C=CCNC(=O)c1cn(-c2ccc(-c3nc(C(C)C)no3)cn2)cn1. The van der Waals surface area contributed by atoms with Gasteiger partial charge >= 0.3 is 0 Å². The number of aromatic nitrogens is 5. The fraction of sp³-hybridized carbons (Fsp3) is 0.235. The predicted molar refractivity (Wildman–Crippen MR) is 91.3 cm³/mol. The topological polar surface area (TPSA) is 98.7 Å². The fourth-order valence-electron chi connectivity index (χ4n) is 2.07. The highest BCUT2D eigenvalue weighted by atomic mass is 16.5. The predicted octanol–water partition coefficient (Wildman–Crippen LogP) is 2.36. The molecule has 0 saturated heterocycles. The quantitative estimate of drug-likeness (QED) is 0.693. The number of hydrogen-bond acceptors (Lipinski definition) is 6. The molecule has 0 radical (unpaired) electrons. The van der Waals surface area contributed by atoms with E-state index in [2.05, 4.69) is 32.0 Å². The standard InChI is InChI=1S/C17H18N6O2/c1-4-7-18-16(24)13-9-23(10-20-13)14-6-5-12(8-19-14)17-21-15(11(2)3)22-25-17/h4-6,8-11H,1,7H2,2-3H3,(H,18,24). The zero-order valence-corrected chi connectivity index (χ0v) is 14.0. The Balaban J connectivity index is 1.77. The van der Waals surface area contributed by atoms with Gasteiger partial charge in [0.25, 0.3) is 11.8 Å². The average molecular weight is 338 g/mol.